The minimum atomic E-state index is -4.55. The Bertz CT molecular complexity index is 838. The van der Waals surface area contributed by atoms with E-state index in [2.05, 4.69) is 31.9 Å². The minimum Gasteiger partial charge on any atom is -0.489 e. The van der Waals surface area contributed by atoms with Crippen molar-refractivity contribution in [3.63, 3.8) is 0 Å². The van der Waals surface area contributed by atoms with Crippen molar-refractivity contribution in [3.8, 4) is 17.2 Å². The zero-order chi connectivity index (χ0) is 20.9. The van der Waals surface area contributed by atoms with Gasteiger partial charge < -0.3 is 9.47 Å². The van der Waals surface area contributed by atoms with E-state index in [1.54, 1.807) is 6.08 Å². The lowest BCUT2D eigenvalue weighted by Crippen LogP contribution is -2.09. The van der Waals surface area contributed by atoms with E-state index < -0.39 is 11.7 Å². The van der Waals surface area contributed by atoms with Crippen molar-refractivity contribution in [2.75, 3.05) is 6.61 Å². The molecule has 0 radical (unpaired) electrons. The Labute approximate surface area is 185 Å². The van der Waals surface area contributed by atoms with Crippen LogP contribution >= 0.6 is 31.9 Å². The molecule has 0 aliphatic heterocycles. The van der Waals surface area contributed by atoms with E-state index >= 15 is 0 Å². The van der Waals surface area contributed by atoms with Crippen LogP contribution in [0.3, 0.4) is 0 Å². The van der Waals surface area contributed by atoms with Crippen molar-refractivity contribution in [3.05, 3.63) is 63.1 Å². The Balaban J connectivity index is 1.74. The molecule has 0 amide bonds. The molecular formula is C22H21Br2F3O2. The number of halogens is 5. The Morgan fingerprint density at radius 3 is 2.24 bits per heavy atom. The highest BCUT2D eigenvalue weighted by molar-refractivity contribution is 9.28. The molecule has 0 atom stereocenters. The zero-order valence-electron chi connectivity index (χ0n) is 15.6. The van der Waals surface area contributed by atoms with Crippen molar-refractivity contribution in [2.24, 2.45) is 0 Å². The van der Waals surface area contributed by atoms with Gasteiger partial charge in [0.05, 0.1) is 3.39 Å². The fourth-order valence-corrected chi connectivity index (χ4v) is 3.76. The van der Waals surface area contributed by atoms with Crippen LogP contribution in [0.25, 0.3) is 0 Å². The Morgan fingerprint density at radius 1 is 0.966 bits per heavy atom. The standard InChI is InChI=1S/C22H21Br2F3O2/c23-21(24)12-13-28-20-11-10-18(14-19(20)22(25,26)27)29-17-8-6-16(7-9-17)15-4-2-1-3-5-15/h6-12,14-15H,1-5,13H2. The first-order valence-electron chi connectivity index (χ1n) is 9.46. The highest BCUT2D eigenvalue weighted by Gasteiger charge is 2.35. The molecule has 0 unspecified atom stereocenters. The third-order valence-corrected chi connectivity index (χ3v) is 5.57. The molecule has 0 aromatic heterocycles. The number of benzene rings is 2. The van der Waals surface area contributed by atoms with Crippen LogP contribution in [0.4, 0.5) is 13.2 Å². The van der Waals surface area contributed by atoms with Crippen LogP contribution in [0, 0.1) is 0 Å². The minimum absolute atomic E-state index is 0.00224. The molecule has 1 aliphatic carbocycles. The monoisotopic (exact) mass is 532 g/mol. The maximum atomic E-state index is 13.4. The second kappa shape index (κ2) is 10.0. The molecule has 2 nitrogen and oxygen atoms in total. The lowest BCUT2D eigenvalue weighted by Gasteiger charge is -2.22. The predicted molar refractivity (Wildman–Crippen MR) is 115 cm³/mol. The van der Waals surface area contributed by atoms with Gasteiger partial charge in [-0.15, -0.1) is 0 Å². The number of rotatable bonds is 6. The summed E-state index contributed by atoms with van der Waals surface area (Å²) >= 11 is 6.28. The molecule has 1 fully saturated rings. The molecule has 1 aliphatic rings. The average Bonchev–Trinajstić information content (AvgIpc) is 2.69. The second-order valence-corrected chi connectivity index (χ2v) is 9.74. The van der Waals surface area contributed by atoms with Crippen LogP contribution in [0.2, 0.25) is 0 Å². The molecule has 0 N–H and O–H groups in total. The van der Waals surface area contributed by atoms with Crippen LogP contribution in [-0.2, 0) is 6.18 Å². The van der Waals surface area contributed by atoms with E-state index in [0.29, 0.717) is 15.1 Å². The largest absolute Gasteiger partial charge is 0.489 e. The van der Waals surface area contributed by atoms with Gasteiger partial charge in [0, 0.05) is 0 Å². The van der Waals surface area contributed by atoms with Gasteiger partial charge in [-0.3, -0.25) is 0 Å². The lowest BCUT2D eigenvalue weighted by molar-refractivity contribution is -0.138. The predicted octanol–water partition coefficient (Wildman–Crippen LogP) is 8.56. The molecule has 0 heterocycles. The van der Waals surface area contributed by atoms with Gasteiger partial charge in [0.25, 0.3) is 0 Å². The smallest absolute Gasteiger partial charge is 0.420 e. The molecule has 0 spiro atoms. The van der Waals surface area contributed by atoms with Crippen molar-refractivity contribution >= 4 is 31.9 Å². The van der Waals surface area contributed by atoms with Crippen molar-refractivity contribution < 1.29 is 22.6 Å². The summed E-state index contributed by atoms with van der Waals surface area (Å²) in [4.78, 5) is 0. The van der Waals surface area contributed by atoms with Crippen molar-refractivity contribution in [1.82, 2.24) is 0 Å². The molecule has 0 saturated heterocycles. The van der Waals surface area contributed by atoms with Crippen LogP contribution < -0.4 is 9.47 Å². The van der Waals surface area contributed by atoms with Gasteiger partial charge in [-0.05, 0) is 92.6 Å². The topological polar surface area (TPSA) is 18.5 Å². The molecule has 0 bridgehead atoms. The zero-order valence-corrected chi connectivity index (χ0v) is 18.8. The Morgan fingerprint density at radius 2 is 1.62 bits per heavy atom. The highest BCUT2D eigenvalue weighted by Crippen LogP contribution is 2.40. The van der Waals surface area contributed by atoms with E-state index in [1.807, 2.05) is 24.3 Å². The van der Waals surface area contributed by atoms with Crippen LogP contribution in [-0.4, -0.2) is 6.61 Å². The molecule has 7 heteroatoms. The first-order valence-corrected chi connectivity index (χ1v) is 11.0. The normalized spacial score (nSPS) is 15.1. The number of hydrogen-bond acceptors (Lipinski definition) is 2. The number of alkyl halides is 3. The van der Waals surface area contributed by atoms with E-state index in [0.717, 1.165) is 6.07 Å². The second-order valence-electron chi connectivity index (χ2n) is 6.97. The summed E-state index contributed by atoms with van der Waals surface area (Å²) < 4.78 is 51.9. The number of hydrogen-bond donors (Lipinski definition) is 0. The Hall–Kier alpha value is -1.47. The van der Waals surface area contributed by atoms with Crippen molar-refractivity contribution in [2.45, 2.75) is 44.2 Å². The molecule has 29 heavy (non-hydrogen) atoms. The molecular weight excluding hydrogens is 513 g/mol. The molecule has 2 aromatic rings. The van der Waals surface area contributed by atoms with Crippen LogP contribution in [0.15, 0.2) is 51.9 Å². The molecule has 3 rings (SSSR count). The third kappa shape index (κ3) is 6.51. The summed E-state index contributed by atoms with van der Waals surface area (Å²) in [6.07, 6.45) is 3.20. The van der Waals surface area contributed by atoms with Crippen molar-refractivity contribution in [1.29, 1.82) is 0 Å². The molecule has 156 valence electrons. The van der Waals surface area contributed by atoms with E-state index in [4.69, 9.17) is 9.47 Å². The van der Waals surface area contributed by atoms with Gasteiger partial charge in [0.1, 0.15) is 29.4 Å². The Kier molecular flexibility index (Phi) is 7.68. The van der Waals surface area contributed by atoms with E-state index in [-0.39, 0.29) is 18.1 Å². The average molecular weight is 534 g/mol. The first-order chi connectivity index (χ1) is 13.8. The fraction of sp³-hybridized carbons (Fsp3) is 0.364. The van der Waals surface area contributed by atoms with Gasteiger partial charge in [-0.2, -0.15) is 13.2 Å². The summed E-state index contributed by atoms with van der Waals surface area (Å²) in [5.41, 5.74) is 0.399. The van der Waals surface area contributed by atoms with E-state index in [1.165, 1.54) is 49.8 Å². The molecule has 2 aromatic carbocycles. The highest BCUT2D eigenvalue weighted by atomic mass is 79.9. The van der Waals surface area contributed by atoms with Crippen LogP contribution in [0.5, 0.6) is 17.2 Å². The van der Waals surface area contributed by atoms with Gasteiger partial charge in [0.15, 0.2) is 0 Å². The SMILES string of the molecule is FC(F)(F)c1cc(Oc2ccc(C3CCCCC3)cc2)ccc1OCC=C(Br)Br. The van der Waals surface area contributed by atoms with E-state index in [9.17, 15) is 13.2 Å². The number of ether oxygens (including phenoxy) is 2. The first kappa shape index (κ1) is 22.2. The summed E-state index contributed by atoms with van der Waals surface area (Å²) in [6, 6.07) is 11.4. The summed E-state index contributed by atoms with van der Waals surface area (Å²) in [7, 11) is 0. The fourth-order valence-electron chi connectivity index (χ4n) is 3.49. The van der Waals surface area contributed by atoms with Gasteiger partial charge in [-0.1, -0.05) is 31.4 Å². The summed E-state index contributed by atoms with van der Waals surface area (Å²) in [5.74, 6) is 0.958. The maximum Gasteiger partial charge on any atom is 0.420 e. The van der Waals surface area contributed by atoms with Gasteiger partial charge >= 0.3 is 6.18 Å². The van der Waals surface area contributed by atoms with Gasteiger partial charge in [-0.25, -0.2) is 0 Å². The lowest BCUT2D eigenvalue weighted by atomic mass is 9.84. The van der Waals surface area contributed by atoms with Crippen LogP contribution in [0.1, 0.15) is 49.1 Å². The third-order valence-electron chi connectivity index (χ3n) is 4.93. The summed E-state index contributed by atoms with van der Waals surface area (Å²) in [6.45, 7) is -0.00224. The van der Waals surface area contributed by atoms with Gasteiger partial charge in [0.2, 0.25) is 0 Å². The quantitative estimate of drug-likeness (QED) is 0.370. The summed E-state index contributed by atoms with van der Waals surface area (Å²) in [5, 5.41) is 0. The maximum absolute atomic E-state index is 13.4. The molecule has 1 saturated carbocycles.